The van der Waals surface area contributed by atoms with Crippen LogP contribution in [0.1, 0.15) is 136 Å². The Labute approximate surface area is 461 Å². The minimum atomic E-state index is -1.80. The number of rotatable bonds is 41. The van der Waals surface area contributed by atoms with Gasteiger partial charge in [-0.05, 0) is 116 Å². The minimum absolute atomic E-state index is 0.202. The molecule has 77 heavy (non-hydrogen) atoms. The summed E-state index contributed by atoms with van der Waals surface area (Å²) in [6.07, 6.45) is 54.6. The molecule has 9 N–H and O–H groups in total. The summed E-state index contributed by atoms with van der Waals surface area (Å²) < 4.78 is 22.6. The monoisotopic (exact) mass is 1080 g/mol. The lowest BCUT2D eigenvalue weighted by molar-refractivity contribution is -0.359. The molecular weight excluding hydrogens is 979 g/mol. The van der Waals surface area contributed by atoms with Crippen molar-refractivity contribution in [3.05, 3.63) is 158 Å². The molecule has 0 aliphatic carbocycles. The van der Waals surface area contributed by atoms with Crippen LogP contribution in [0.25, 0.3) is 0 Å². The topological polar surface area (TPSA) is 228 Å². The van der Waals surface area contributed by atoms with Gasteiger partial charge >= 0.3 is 0 Å². The Morgan fingerprint density at radius 3 is 1.32 bits per heavy atom. The fourth-order valence-corrected chi connectivity index (χ4v) is 7.94. The van der Waals surface area contributed by atoms with E-state index in [9.17, 15) is 45.6 Å². The molecule has 2 saturated heterocycles. The third-order valence-electron chi connectivity index (χ3n) is 12.4. The van der Waals surface area contributed by atoms with E-state index >= 15 is 0 Å². The molecule has 14 nitrogen and oxygen atoms in total. The lowest BCUT2D eigenvalue weighted by atomic mass is 9.97. The summed E-state index contributed by atoms with van der Waals surface area (Å²) in [5.41, 5.74) is 0. The van der Waals surface area contributed by atoms with Crippen molar-refractivity contribution < 1.29 is 64.6 Å². The van der Waals surface area contributed by atoms with Gasteiger partial charge in [0.25, 0.3) is 0 Å². The van der Waals surface area contributed by atoms with Crippen LogP contribution in [0.4, 0.5) is 0 Å². The van der Waals surface area contributed by atoms with Gasteiger partial charge in [0.05, 0.1) is 32.0 Å². The molecule has 2 fully saturated rings. The zero-order valence-corrected chi connectivity index (χ0v) is 46.1. The molecule has 0 spiro atoms. The molecule has 12 unspecified atom stereocenters. The molecule has 2 heterocycles. The zero-order valence-electron chi connectivity index (χ0n) is 46.1. The Morgan fingerprint density at radius 2 is 0.857 bits per heavy atom. The molecule has 0 bridgehead atoms. The van der Waals surface area contributed by atoms with Crippen LogP contribution in [-0.4, -0.2) is 140 Å². The summed E-state index contributed by atoms with van der Waals surface area (Å²) in [6.45, 7) is 2.45. The maximum absolute atomic E-state index is 13.2. The van der Waals surface area contributed by atoms with Crippen LogP contribution < -0.4 is 5.32 Å². The molecule has 0 aromatic heterocycles. The number of aliphatic hydroxyl groups is 8. The fraction of sp³-hybridized carbons (Fsp3) is 0.571. The predicted molar refractivity (Wildman–Crippen MR) is 308 cm³/mol. The van der Waals surface area contributed by atoms with E-state index in [1.54, 1.807) is 6.08 Å². The van der Waals surface area contributed by atoms with Crippen LogP contribution in [-0.2, 0) is 23.7 Å². The molecule has 0 saturated carbocycles. The molecule has 12 atom stereocenters. The standard InChI is InChI=1S/C63H97NO13/c1-3-5-7-9-11-13-15-16-17-18-19-20-21-22-23-24-25-26-27-28-29-30-31-32-33-34-35-36-37-39-41-43-45-47-55(68)64-51(52(67)46-44-42-40-38-14-12-10-8-6-4-2)50-74-62-60(73)58(71)61(54(49-66)76-62)77-63-59(72)57(70)56(69)53(48-65)75-63/h5-8,11,13-14,16-17,19-20,22-23,25-26,28-29,31-32,34-35,37-39,44,46,51-54,56-63,65-67,69-73H,3-4,9-10,12,15,18,21,24,27,30,33,36,40-43,45,47-50H2,1-2H3,(H,64,68)/b7-5-,8-6+,13-11-,17-16-,20-19-,23-22-,26-25-,29-28-,32-31-,35-34-,38-14+,39-37-,46-44+. The fourth-order valence-electron chi connectivity index (χ4n) is 7.94. The maximum atomic E-state index is 13.2. The first-order valence-electron chi connectivity index (χ1n) is 28.2. The summed E-state index contributed by atoms with van der Waals surface area (Å²) in [6, 6.07) is -0.972. The lowest BCUT2D eigenvalue weighted by Gasteiger charge is -2.46. The molecule has 432 valence electrons. The Morgan fingerprint density at radius 1 is 0.468 bits per heavy atom. The van der Waals surface area contributed by atoms with Crippen molar-refractivity contribution in [2.75, 3.05) is 19.8 Å². The SMILES string of the molecule is CC/C=C\C/C=C\C/C=C\C/C=C\C/C=C\C/C=C\C/C=C\C/C=C\C/C=C\C/C=C\CCCCC(=O)NC(COC1OC(CO)C(OC2OC(CO)C(O)C(O)C2O)C(O)C1O)C(O)/C=C/CC/C=C/CC/C=C/CC. The van der Waals surface area contributed by atoms with Gasteiger partial charge in [0.2, 0.25) is 5.91 Å². The van der Waals surface area contributed by atoms with Gasteiger partial charge in [-0.25, -0.2) is 0 Å². The number of unbranched alkanes of at least 4 members (excludes halogenated alkanes) is 4. The van der Waals surface area contributed by atoms with E-state index in [4.69, 9.17) is 18.9 Å². The molecule has 14 heteroatoms. The van der Waals surface area contributed by atoms with E-state index in [-0.39, 0.29) is 18.9 Å². The largest absolute Gasteiger partial charge is 0.394 e. The van der Waals surface area contributed by atoms with Crippen LogP contribution >= 0.6 is 0 Å². The molecule has 2 aliphatic rings. The molecule has 0 aromatic carbocycles. The highest BCUT2D eigenvalue weighted by molar-refractivity contribution is 5.76. The van der Waals surface area contributed by atoms with Crippen LogP contribution in [0, 0.1) is 0 Å². The smallest absolute Gasteiger partial charge is 0.220 e. The van der Waals surface area contributed by atoms with Crippen molar-refractivity contribution in [2.24, 2.45) is 0 Å². The Bertz CT molecular complexity index is 1890. The third kappa shape index (κ3) is 32.3. The van der Waals surface area contributed by atoms with Gasteiger partial charge in [-0.3, -0.25) is 4.79 Å². The van der Waals surface area contributed by atoms with Crippen molar-refractivity contribution >= 4 is 5.91 Å². The first kappa shape index (κ1) is 68.7. The van der Waals surface area contributed by atoms with Crippen molar-refractivity contribution in [3.63, 3.8) is 0 Å². The van der Waals surface area contributed by atoms with Gasteiger partial charge in [-0.2, -0.15) is 0 Å². The molecular formula is C63H97NO13. The second kappa shape index (κ2) is 46.5. The number of nitrogens with one attached hydrogen (secondary N) is 1. The summed E-state index contributed by atoms with van der Waals surface area (Å²) in [5, 5.41) is 86.7. The maximum Gasteiger partial charge on any atom is 0.220 e. The Kier molecular flexibility index (Phi) is 41.5. The van der Waals surface area contributed by atoms with E-state index in [0.29, 0.717) is 12.8 Å². The normalized spacial score (nSPS) is 25.9. The van der Waals surface area contributed by atoms with Gasteiger partial charge in [-0.15, -0.1) is 0 Å². The molecule has 2 rings (SSSR count). The number of aliphatic hydroxyl groups excluding tert-OH is 8. The highest BCUT2D eigenvalue weighted by Gasteiger charge is 2.51. The van der Waals surface area contributed by atoms with Gasteiger partial charge in [-0.1, -0.05) is 172 Å². The number of hydrogen-bond donors (Lipinski definition) is 9. The van der Waals surface area contributed by atoms with Gasteiger partial charge in [0.1, 0.15) is 48.8 Å². The van der Waals surface area contributed by atoms with E-state index in [1.165, 1.54) is 0 Å². The van der Waals surface area contributed by atoms with Gasteiger partial charge < -0.3 is 65.1 Å². The summed E-state index contributed by atoms with van der Waals surface area (Å²) >= 11 is 0. The van der Waals surface area contributed by atoms with Gasteiger partial charge in [0, 0.05) is 6.42 Å². The molecule has 2 aliphatic heterocycles. The second-order valence-corrected chi connectivity index (χ2v) is 18.9. The van der Waals surface area contributed by atoms with E-state index in [1.807, 2.05) is 6.08 Å². The van der Waals surface area contributed by atoms with Crippen LogP contribution in [0.2, 0.25) is 0 Å². The van der Waals surface area contributed by atoms with Crippen molar-refractivity contribution in [3.8, 4) is 0 Å². The number of hydrogen-bond acceptors (Lipinski definition) is 13. The number of allylic oxidation sites excluding steroid dienone is 25. The highest BCUT2D eigenvalue weighted by Crippen LogP contribution is 2.30. The number of carbonyl (C=O) groups is 1. The minimum Gasteiger partial charge on any atom is -0.394 e. The first-order chi connectivity index (χ1) is 37.6. The van der Waals surface area contributed by atoms with E-state index in [2.05, 4.69) is 165 Å². The average Bonchev–Trinajstić information content (AvgIpc) is 3.45. The van der Waals surface area contributed by atoms with Crippen LogP contribution in [0.15, 0.2) is 158 Å². The van der Waals surface area contributed by atoms with Crippen LogP contribution in [0.3, 0.4) is 0 Å². The number of amides is 1. The third-order valence-corrected chi connectivity index (χ3v) is 12.4. The van der Waals surface area contributed by atoms with Crippen LogP contribution in [0.5, 0.6) is 0 Å². The van der Waals surface area contributed by atoms with Crippen molar-refractivity contribution in [2.45, 2.75) is 209 Å². The molecule has 0 aromatic rings. The molecule has 0 radical (unpaired) electrons. The van der Waals surface area contributed by atoms with E-state index < -0.39 is 86.8 Å². The second-order valence-electron chi connectivity index (χ2n) is 18.9. The summed E-state index contributed by atoms with van der Waals surface area (Å²) in [5.74, 6) is -0.308. The number of ether oxygens (including phenoxy) is 4. The Hall–Kier alpha value is -4.39. The lowest BCUT2D eigenvalue weighted by Crippen LogP contribution is -2.65. The van der Waals surface area contributed by atoms with Crippen molar-refractivity contribution in [1.29, 1.82) is 0 Å². The quantitative estimate of drug-likeness (QED) is 0.0206. The summed E-state index contributed by atoms with van der Waals surface area (Å²) in [4.78, 5) is 13.2. The summed E-state index contributed by atoms with van der Waals surface area (Å²) in [7, 11) is 0. The first-order valence-corrected chi connectivity index (χ1v) is 28.2. The zero-order chi connectivity index (χ0) is 56.0. The van der Waals surface area contributed by atoms with Gasteiger partial charge in [0.15, 0.2) is 12.6 Å². The average molecular weight is 1080 g/mol. The molecule has 1 amide bonds. The Balaban J connectivity index is 1.73. The number of carbonyl (C=O) groups excluding carboxylic acids is 1. The highest BCUT2D eigenvalue weighted by atomic mass is 16.7. The predicted octanol–water partition coefficient (Wildman–Crippen LogP) is 9.16. The van der Waals surface area contributed by atoms with Crippen molar-refractivity contribution in [1.82, 2.24) is 5.32 Å². The van der Waals surface area contributed by atoms with E-state index in [0.717, 1.165) is 103 Å².